The van der Waals surface area contributed by atoms with Crippen LogP contribution < -0.4 is 10.1 Å². The average molecular weight is 261 g/mol. The van der Waals surface area contributed by atoms with Gasteiger partial charge in [-0.1, -0.05) is 32.0 Å². The van der Waals surface area contributed by atoms with Crippen LogP contribution in [0.2, 0.25) is 0 Å². The number of ether oxygens (including phenoxy) is 1. The van der Waals surface area contributed by atoms with Crippen molar-refractivity contribution in [2.75, 3.05) is 13.7 Å². The standard InChI is InChI=1S/C17H27NO/c1-4-11-18-16-10-9-14(13(16)2)12-15-7-5-6-8-17(15)19-3/h5-8,13-14,16,18H,4,9-12H2,1-3H3. The maximum Gasteiger partial charge on any atom is 0.122 e. The lowest BCUT2D eigenvalue weighted by Crippen LogP contribution is -2.33. The first-order chi connectivity index (χ1) is 9.26. The Morgan fingerprint density at radius 1 is 1.26 bits per heavy atom. The van der Waals surface area contributed by atoms with Gasteiger partial charge in [0.1, 0.15) is 5.75 Å². The predicted molar refractivity (Wildman–Crippen MR) is 80.7 cm³/mol. The van der Waals surface area contributed by atoms with Crippen molar-refractivity contribution in [2.45, 2.75) is 45.6 Å². The van der Waals surface area contributed by atoms with Gasteiger partial charge in [-0.05, 0) is 55.7 Å². The fourth-order valence-electron chi connectivity index (χ4n) is 3.31. The van der Waals surface area contributed by atoms with E-state index in [1.807, 2.05) is 6.07 Å². The van der Waals surface area contributed by atoms with E-state index in [1.165, 1.54) is 24.8 Å². The molecule has 0 aliphatic heterocycles. The Kier molecular flexibility index (Phi) is 5.26. The van der Waals surface area contributed by atoms with Gasteiger partial charge in [0.15, 0.2) is 0 Å². The third-order valence-electron chi connectivity index (χ3n) is 4.56. The molecular weight excluding hydrogens is 234 g/mol. The smallest absolute Gasteiger partial charge is 0.122 e. The fraction of sp³-hybridized carbons (Fsp3) is 0.647. The van der Waals surface area contributed by atoms with Crippen molar-refractivity contribution in [1.82, 2.24) is 5.32 Å². The van der Waals surface area contributed by atoms with Crippen molar-refractivity contribution in [2.24, 2.45) is 11.8 Å². The third-order valence-corrected chi connectivity index (χ3v) is 4.56. The van der Waals surface area contributed by atoms with E-state index < -0.39 is 0 Å². The molecule has 3 unspecified atom stereocenters. The van der Waals surface area contributed by atoms with Crippen molar-refractivity contribution >= 4 is 0 Å². The lowest BCUT2D eigenvalue weighted by molar-refractivity contribution is 0.345. The van der Waals surface area contributed by atoms with Gasteiger partial charge >= 0.3 is 0 Å². The fourth-order valence-corrected chi connectivity index (χ4v) is 3.31. The van der Waals surface area contributed by atoms with Crippen LogP contribution in [0.1, 0.15) is 38.7 Å². The zero-order chi connectivity index (χ0) is 13.7. The van der Waals surface area contributed by atoms with E-state index in [1.54, 1.807) is 7.11 Å². The molecule has 1 aromatic rings. The SMILES string of the molecule is CCCNC1CCC(Cc2ccccc2OC)C1C. The van der Waals surface area contributed by atoms with Gasteiger partial charge in [-0.3, -0.25) is 0 Å². The highest BCUT2D eigenvalue weighted by Crippen LogP contribution is 2.35. The quantitative estimate of drug-likeness (QED) is 0.844. The maximum atomic E-state index is 5.47. The molecule has 1 aliphatic carbocycles. The summed E-state index contributed by atoms with van der Waals surface area (Å²) in [6.45, 7) is 5.79. The van der Waals surface area contributed by atoms with Gasteiger partial charge in [-0.2, -0.15) is 0 Å². The molecule has 1 saturated carbocycles. The van der Waals surface area contributed by atoms with Gasteiger partial charge in [0.25, 0.3) is 0 Å². The molecule has 2 nitrogen and oxygen atoms in total. The molecule has 1 N–H and O–H groups in total. The predicted octanol–water partition coefficient (Wildman–Crippen LogP) is 3.65. The van der Waals surface area contributed by atoms with Crippen molar-refractivity contribution in [3.8, 4) is 5.75 Å². The molecular formula is C17H27NO. The largest absolute Gasteiger partial charge is 0.496 e. The van der Waals surface area contributed by atoms with Crippen LogP contribution >= 0.6 is 0 Å². The van der Waals surface area contributed by atoms with E-state index in [9.17, 15) is 0 Å². The molecule has 2 rings (SSSR count). The summed E-state index contributed by atoms with van der Waals surface area (Å²) in [4.78, 5) is 0. The molecule has 0 radical (unpaired) electrons. The summed E-state index contributed by atoms with van der Waals surface area (Å²) in [6, 6.07) is 9.15. The van der Waals surface area contributed by atoms with Crippen LogP contribution in [0.25, 0.3) is 0 Å². The molecule has 1 aromatic carbocycles. The van der Waals surface area contributed by atoms with Crippen molar-refractivity contribution < 1.29 is 4.74 Å². The summed E-state index contributed by atoms with van der Waals surface area (Å²) in [5.41, 5.74) is 1.36. The highest BCUT2D eigenvalue weighted by Gasteiger charge is 2.32. The van der Waals surface area contributed by atoms with E-state index in [4.69, 9.17) is 4.74 Å². The number of methoxy groups -OCH3 is 1. The lowest BCUT2D eigenvalue weighted by atomic mass is 9.89. The van der Waals surface area contributed by atoms with Crippen LogP contribution in [0.15, 0.2) is 24.3 Å². The molecule has 2 heteroatoms. The molecule has 0 spiro atoms. The van der Waals surface area contributed by atoms with Gasteiger partial charge < -0.3 is 10.1 Å². The Hall–Kier alpha value is -1.02. The molecule has 0 amide bonds. The Bertz CT molecular complexity index is 391. The summed E-state index contributed by atoms with van der Waals surface area (Å²) in [7, 11) is 1.77. The maximum absolute atomic E-state index is 5.47. The van der Waals surface area contributed by atoms with Gasteiger partial charge in [0.05, 0.1) is 7.11 Å². The van der Waals surface area contributed by atoms with Crippen LogP contribution in [0.4, 0.5) is 0 Å². The molecule has 19 heavy (non-hydrogen) atoms. The Morgan fingerprint density at radius 2 is 2.05 bits per heavy atom. The van der Waals surface area contributed by atoms with Crippen LogP contribution in [0.3, 0.4) is 0 Å². The number of hydrogen-bond donors (Lipinski definition) is 1. The molecule has 0 saturated heterocycles. The monoisotopic (exact) mass is 261 g/mol. The van der Waals surface area contributed by atoms with Crippen LogP contribution in [0, 0.1) is 11.8 Å². The minimum atomic E-state index is 0.708. The first kappa shape index (κ1) is 14.4. The molecule has 3 atom stereocenters. The molecule has 0 aromatic heterocycles. The second-order valence-corrected chi connectivity index (χ2v) is 5.77. The molecule has 1 aliphatic rings. The normalized spacial score (nSPS) is 26.6. The first-order valence-corrected chi connectivity index (χ1v) is 7.61. The summed E-state index contributed by atoms with van der Waals surface area (Å²) in [5, 5.41) is 3.69. The van der Waals surface area contributed by atoms with Crippen molar-refractivity contribution in [3.05, 3.63) is 29.8 Å². The zero-order valence-corrected chi connectivity index (χ0v) is 12.5. The summed E-state index contributed by atoms with van der Waals surface area (Å²) >= 11 is 0. The van der Waals surface area contributed by atoms with E-state index in [-0.39, 0.29) is 0 Å². The van der Waals surface area contributed by atoms with Gasteiger partial charge in [0, 0.05) is 6.04 Å². The number of para-hydroxylation sites is 1. The highest BCUT2D eigenvalue weighted by atomic mass is 16.5. The lowest BCUT2D eigenvalue weighted by Gasteiger charge is -2.22. The first-order valence-electron chi connectivity index (χ1n) is 7.61. The van der Waals surface area contributed by atoms with Crippen LogP contribution in [-0.2, 0) is 6.42 Å². The van der Waals surface area contributed by atoms with E-state index in [0.717, 1.165) is 30.6 Å². The van der Waals surface area contributed by atoms with Crippen LogP contribution in [-0.4, -0.2) is 19.7 Å². The number of rotatable bonds is 6. The van der Waals surface area contributed by atoms with E-state index in [0.29, 0.717) is 6.04 Å². The number of benzene rings is 1. The highest BCUT2D eigenvalue weighted by molar-refractivity contribution is 5.33. The minimum Gasteiger partial charge on any atom is -0.496 e. The zero-order valence-electron chi connectivity index (χ0n) is 12.5. The molecule has 106 valence electrons. The van der Waals surface area contributed by atoms with Crippen molar-refractivity contribution in [1.29, 1.82) is 0 Å². The van der Waals surface area contributed by atoms with Crippen molar-refractivity contribution in [3.63, 3.8) is 0 Å². The number of nitrogens with one attached hydrogen (secondary N) is 1. The second kappa shape index (κ2) is 6.95. The van der Waals surface area contributed by atoms with Crippen LogP contribution in [0.5, 0.6) is 5.75 Å². The average Bonchev–Trinajstić information content (AvgIpc) is 2.78. The summed E-state index contributed by atoms with van der Waals surface area (Å²) in [6.07, 6.45) is 5.03. The van der Waals surface area contributed by atoms with Gasteiger partial charge in [-0.25, -0.2) is 0 Å². The second-order valence-electron chi connectivity index (χ2n) is 5.77. The Labute approximate surface area is 117 Å². The van der Waals surface area contributed by atoms with Gasteiger partial charge in [0.2, 0.25) is 0 Å². The molecule has 0 heterocycles. The number of hydrogen-bond acceptors (Lipinski definition) is 2. The van der Waals surface area contributed by atoms with E-state index in [2.05, 4.69) is 37.4 Å². The molecule has 1 fully saturated rings. The Balaban J connectivity index is 1.96. The minimum absolute atomic E-state index is 0.708. The Morgan fingerprint density at radius 3 is 2.79 bits per heavy atom. The van der Waals surface area contributed by atoms with E-state index >= 15 is 0 Å². The third kappa shape index (κ3) is 3.50. The summed E-state index contributed by atoms with van der Waals surface area (Å²) < 4.78 is 5.47. The molecule has 0 bridgehead atoms. The summed E-state index contributed by atoms with van der Waals surface area (Å²) in [5.74, 6) is 2.58. The van der Waals surface area contributed by atoms with Gasteiger partial charge in [-0.15, -0.1) is 0 Å². The topological polar surface area (TPSA) is 21.3 Å².